The van der Waals surface area contributed by atoms with Crippen LogP contribution in [0.5, 0.6) is 0 Å². The highest BCUT2D eigenvalue weighted by Gasteiger charge is 2.24. The molecule has 1 unspecified atom stereocenters. The summed E-state index contributed by atoms with van der Waals surface area (Å²) in [6, 6.07) is 0.354. The van der Waals surface area contributed by atoms with Crippen LogP contribution in [0.25, 0.3) is 0 Å². The van der Waals surface area contributed by atoms with Crippen LogP contribution in [0.2, 0.25) is 0 Å². The SMILES string of the molecule is CC(CN1CCOCC1)N=C1NC(C)(C)CCS1. The number of aliphatic imine (C=N–C) groups is 1. The van der Waals surface area contributed by atoms with E-state index in [4.69, 9.17) is 9.73 Å². The summed E-state index contributed by atoms with van der Waals surface area (Å²) in [4.78, 5) is 7.25. The third-order valence-corrected chi connectivity index (χ3v) is 4.26. The molecule has 2 fully saturated rings. The molecule has 2 heterocycles. The quantitative estimate of drug-likeness (QED) is 0.845. The molecule has 0 aromatic heterocycles. The van der Waals surface area contributed by atoms with Crippen molar-refractivity contribution in [3.63, 3.8) is 0 Å². The summed E-state index contributed by atoms with van der Waals surface area (Å²) < 4.78 is 5.36. The lowest BCUT2D eigenvalue weighted by molar-refractivity contribution is 0.0361. The first-order chi connectivity index (χ1) is 8.55. The number of thioether (sulfide) groups is 1. The second-order valence-corrected chi connectivity index (χ2v) is 6.89. The van der Waals surface area contributed by atoms with E-state index < -0.39 is 0 Å². The Morgan fingerprint density at radius 1 is 1.44 bits per heavy atom. The van der Waals surface area contributed by atoms with Crippen LogP contribution >= 0.6 is 11.8 Å². The van der Waals surface area contributed by atoms with Gasteiger partial charge in [-0.2, -0.15) is 0 Å². The molecular weight excluding hydrogens is 246 g/mol. The molecule has 1 atom stereocenters. The zero-order valence-corrected chi connectivity index (χ0v) is 12.6. The van der Waals surface area contributed by atoms with Gasteiger partial charge in [-0.05, 0) is 27.2 Å². The van der Waals surface area contributed by atoms with E-state index >= 15 is 0 Å². The molecule has 0 spiro atoms. The first-order valence-corrected chi connectivity index (χ1v) is 7.83. The number of ether oxygens (including phenoxy) is 1. The van der Waals surface area contributed by atoms with Gasteiger partial charge in [0.15, 0.2) is 5.17 Å². The van der Waals surface area contributed by atoms with Gasteiger partial charge < -0.3 is 10.1 Å². The normalized spacial score (nSPS) is 28.9. The van der Waals surface area contributed by atoms with Crippen LogP contribution in [0.1, 0.15) is 27.2 Å². The van der Waals surface area contributed by atoms with Crippen molar-refractivity contribution in [1.29, 1.82) is 0 Å². The van der Waals surface area contributed by atoms with Gasteiger partial charge in [0.25, 0.3) is 0 Å². The van der Waals surface area contributed by atoms with Crippen molar-refractivity contribution in [2.75, 3.05) is 38.6 Å². The number of rotatable bonds is 3. The maximum Gasteiger partial charge on any atom is 0.157 e. The van der Waals surface area contributed by atoms with Gasteiger partial charge in [0, 0.05) is 30.9 Å². The van der Waals surface area contributed by atoms with E-state index in [1.165, 1.54) is 12.2 Å². The predicted octanol–water partition coefficient (Wildman–Crippen LogP) is 1.57. The highest BCUT2D eigenvalue weighted by molar-refractivity contribution is 8.13. The summed E-state index contributed by atoms with van der Waals surface area (Å²) in [6.07, 6.45) is 1.20. The molecule has 0 radical (unpaired) electrons. The molecule has 2 rings (SSSR count). The van der Waals surface area contributed by atoms with Gasteiger partial charge >= 0.3 is 0 Å². The fourth-order valence-corrected chi connectivity index (χ4v) is 3.67. The van der Waals surface area contributed by atoms with Gasteiger partial charge in [-0.15, -0.1) is 0 Å². The molecule has 5 heteroatoms. The molecule has 0 aliphatic carbocycles. The van der Waals surface area contributed by atoms with Gasteiger partial charge in [0.05, 0.1) is 19.3 Å². The molecule has 0 bridgehead atoms. The minimum absolute atomic E-state index is 0.197. The lowest BCUT2D eigenvalue weighted by atomic mass is 10.0. The van der Waals surface area contributed by atoms with E-state index in [0.29, 0.717) is 6.04 Å². The molecule has 2 saturated heterocycles. The monoisotopic (exact) mass is 271 g/mol. The number of hydrogen-bond acceptors (Lipinski definition) is 4. The Morgan fingerprint density at radius 2 is 2.17 bits per heavy atom. The maximum atomic E-state index is 5.36. The van der Waals surface area contributed by atoms with E-state index in [9.17, 15) is 0 Å². The van der Waals surface area contributed by atoms with Crippen molar-refractivity contribution in [3.05, 3.63) is 0 Å². The van der Waals surface area contributed by atoms with Crippen molar-refractivity contribution in [2.45, 2.75) is 38.8 Å². The molecule has 18 heavy (non-hydrogen) atoms. The predicted molar refractivity (Wildman–Crippen MR) is 78.4 cm³/mol. The van der Waals surface area contributed by atoms with Gasteiger partial charge in [-0.3, -0.25) is 9.89 Å². The highest BCUT2D eigenvalue weighted by atomic mass is 32.2. The summed E-state index contributed by atoms with van der Waals surface area (Å²) >= 11 is 1.85. The van der Waals surface area contributed by atoms with Crippen molar-refractivity contribution >= 4 is 16.9 Å². The second kappa shape index (κ2) is 6.26. The van der Waals surface area contributed by atoms with Crippen molar-refractivity contribution < 1.29 is 4.74 Å². The van der Waals surface area contributed by atoms with Crippen LogP contribution in [0, 0.1) is 0 Å². The molecule has 0 aromatic rings. The largest absolute Gasteiger partial charge is 0.379 e. The van der Waals surface area contributed by atoms with Gasteiger partial charge in [-0.25, -0.2) is 0 Å². The molecule has 0 amide bonds. The second-order valence-electron chi connectivity index (χ2n) is 5.80. The Labute approximate surface area is 115 Å². The van der Waals surface area contributed by atoms with E-state index in [0.717, 1.165) is 38.0 Å². The maximum absolute atomic E-state index is 5.36. The minimum Gasteiger partial charge on any atom is -0.379 e. The van der Waals surface area contributed by atoms with Crippen LogP contribution in [0.4, 0.5) is 0 Å². The van der Waals surface area contributed by atoms with Crippen molar-refractivity contribution in [2.24, 2.45) is 4.99 Å². The summed E-state index contributed by atoms with van der Waals surface area (Å²) in [6.45, 7) is 11.5. The summed E-state index contributed by atoms with van der Waals surface area (Å²) in [7, 11) is 0. The minimum atomic E-state index is 0.197. The van der Waals surface area contributed by atoms with Gasteiger partial charge in [0.1, 0.15) is 0 Å². The van der Waals surface area contributed by atoms with E-state index in [2.05, 4.69) is 31.0 Å². The van der Waals surface area contributed by atoms with E-state index in [1.54, 1.807) is 0 Å². The number of morpholine rings is 1. The van der Waals surface area contributed by atoms with Crippen LogP contribution in [0.3, 0.4) is 0 Å². The van der Waals surface area contributed by atoms with Crippen molar-refractivity contribution in [1.82, 2.24) is 10.2 Å². The molecule has 2 aliphatic heterocycles. The Morgan fingerprint density at radius 3 is 2.83 bits per heavy atom. The zero-order chi connectivity index (χ0) is 13.0. The Bertz CT molecular complexity index is 301. The molecular formula is C13H25N3OS. The molecule has 2 aliphatic rings. The van der Waals surface area contributed by atoms with E-state index in [1.807, 2.05) is 11.8 Å². The zero-order valence-electron chi connectivity index (χ0n) is 11.7. The molecule has 0 aromatic carbocycles. The standard InChI is InChI=1S/C13H25N3OS/c1-11(10-16-5-7-17-8-6-16)14-12-15-13(2,3)4-9-18-12/h11H,4-10H2,1-3H3,(H,14,15). The number of amidine groups is 1. The van der Waals surface area contributed by atoms with Crippen molar-refractivity contribution in [3.8, 4) is 0 Å². The van der Waals surface area contributed by atoms with E-state index in [-0.39, 0.29) is 5.54 Å². The Kier molecular flexibility index (Phi) is 4.92. The summed E-state index contributed by atoms with van der Waals surface area (Å²) in [5.41, 5.74) is 0.197. The lowest BCUT2D eigenvalue weighted by Gasteiger charge is -2.33. The molecule has 0 saturated carbocycles. The summed E-state index contributed by atoms with van der Waals surface area (Å²) in [5.74, 6) is 1.17. The fraction of sp³-hybridized carbons (Fsp3) is 0.923. The molecule has 1 N–H and O–H groups in total. The average Bonchev–Trinajstić information content (AvgIpc) is 2.28. The van der Waals surface area contributed by atoms with Crippen LogP contribution in [-0.2, 0) is 4.74 Å². The third kappa shape index (κ3) is 4.44. The first-order valence-electron chi connectivity index (χ1n) is 6.84. The highest BCUT2D eigenvalue weighted by Crippen LogP contribution is 2.22. The first kappa shape index (κ1) is 14.2. The molecule has 4 nitrogen and oxygen atoms in total. The number of hydrogen-bond donors (Lipinski definition) is 1. The third-order valence-electron chi connectivity index (χ3n) is 3.37. The van der Waals surface area contributed by atoms with Gasteiger partial charge in [-0.1, -0.05) is 11.8 Å². The van der Waals surface area contributed by atoms with Crippen LogP contribution < -0.4 is 5.32 Å². The smallest absolute Gasteiger partial charge is 0.157 e. The average molecular weight is 271 g/mol. The molecule has 104 valence electrons. The Balaban J connectivity index is 1.83. The lowest BCUT2D eigenvalue weighted by Crippen LogP contribution is -2.47. The van der Waals surface area contributed by atoms with Crippen LogP contribution in [0.15, 0.2) is 4.99 Å². The number of nitrogens with zero attached hydrogens (tertiary/aromatic N) is 2. The topological polar surface area (TPSA) is 36.9 Å². The van der Waals surface area contributed by atoms with Crippen LogP contribution in [-0.4, -0.2) is 60.2 Å². The Hall–Kier alpha value is -0.260. The fourth-order valence-electron chi connectivity index (χ4n) is 2.26. The summed E-state index contributed by atoms with van der Waals surface area (Å²) in [5, 5.41) is 4.65. The number of nitrogens with one attached hydrogen (secondary N) is 1. The van der Waals surface area contributed by atoms with Gasteiger partial charge in [0.2, 0.25) is 0 Å².